The number of benzene rings is 1. The monoisotopic (exact) mass is 252 g/mol. The highest BCUT2D eigenvalue weighted by Crippen LogP contribution is 2.34. The normalized spacial score (nSPS) is 20.4. The topological polar surface area (TPSA) is 40.5 Å². The Balaban J connectivity index is 1.90. The molecule has 2 rings (SSSR count). The largest absolute Gasteiger partial charge is 0.389 e. The van der Waals surface area contributed by atoms with Gasteiger partial charge in [0.25, 0.3) is 0 Å². The summed E-state index contributed by atoms with van der Waals surface area (Å²) in [5, 5.41) is 19.6. The fraction of sp³-hybridized carbons (Fsp3) is 0.571. The molecule has 94 valence electrons. The van der Waals surface area contributed by atoms with Crippen LogP contribution in [0.5, 0.6) is 0 Å². The summed E-state index contributed by atoms with van der Waals surface area (Å²) >= 11 is 1.71. The minimum absolute atomic E-state index is 0.409. The van der Waals surface area contributed by atoms with Crippen molar-refractivity contribution in [3.63, 3.8) is 0 Å². The van der Waals surface area contributed by atoms with Gasteiger partial charge in [-0.1, -0.05) is 25.0 Å². The van der Waals surface area contributed by atoms with E-state index >= 15 is 0 Å². The first-order valence-electron chi connectivity index (χ1n) is 6.22. The van der Waals surface area contributed by atoms with Crippen molar-refractivity contribution >= 4 is 11.8 Å². The molecule has 17 heavy (non-hydrogen) atoms. The SMILES string of the molecule is CC(O)c1ccc(SCC2(O)CCCC2)cc1. The summed E-state index contributed by atoms with van der Waals surface area (Å²) in [6.45, 7) is 1.77. The Morgan fingerprint density at radius 2 is 1.82 bits per heavy atom. The summed E-state index contributed by atoms with van der Waals surface area (Å²) in [6, 6.07) is 7.94. The van der Waals surface area contributed by atoms with Gasteiger partial charge in [0.2, 0.25) is 0 Å². The van der Waals surface area contributed by atoms with E-state index in [2.05, 4.69) is 0 Å². The van der Waals surface area contributed by atoms with Crippen molar-refractivity contribution in [3.05, 3.63) is 29.8 Å². The Kier molecular flexibility index (Phi) is 4.13. The predicted molar refractivity (Wildman–Crippen MR) is 71.2 cm³/mol. The molecule has 0 heterocycles. The molecule has 1 saturated carbocycles. The summed E-state index contributed by atoms with van der Waals surface area (Å²) in [5.41, 5.74) is 0.488. The minimum atomic E-state index is -0.451. The highest BCUT2D eigenvalue weighted by molar-refractivity contribution is 7.99. The number of rotatable bonds is 4. The number of hydrogen-bond acceptors (Lipinski definition) is 3. The van der Waals surface area contributed by atoms with Crippen LogP contribution < -0.4 is 0 Å². The lowest BCUT2D eigenvalue weighted by molar-refractivity contribution is 0.0732. The molecule has 2 N–H and O–H groups in total. The van der Waals surface area contributed by atoms with Gasteiger partial charge in [0, 0.05) is 10.6 Å². The Morgan fingerprint density at radius 3 is 2.35 bits per heavy atom. The number of hydrogen-bond donors (Lipinski definition) is 2. The van der Waals surface area contributed by atoms with Crippen LogP contribution in [0, 0.1) is 0 Å². The van der Waals surface area contributed by atoms with Crippen molar-refractivity contribution in [2.24, 2.45) is 0 Å². The van der Waals surface area contributed by atoms with Crippen molar-refractivity contribution in [1.29, 1.82) is 0 Å². The van der Waals surface area contributed by atoms with E-state index in [-0.39, 0.29) is 0 Å². The van der Waals surface area contributed by atoms with Crippen LogP contribution in [0.1, 0.15) is 44.3 Å². The highest BCUT2D eigenvalue weighted by atomic mass is 32.2. The molecule has 1 fully saturated rings. The second-order valence-corrected chi connectivity index (χ2v) is 6.01. The average molecular weight is 252 g/mol. The molecule has 0 bridgehead atoms. The fourth-order valence-corrected chi connectivity index (χ4v) is 3.29. The Morgan fingerprint density at radius 1 is 1.24 bits per heavy atom. The Labute approximate surface area is 107 Å². The molecule has 0 aromatic heterocycles. The van der Waals surface area contributed by atoms with E-state index in [1.165, 1.54) is 0 Å². The molecule has 3 heteroatoms. The molecule has 0 radical (unpaired) electrons. The zero-order valence-corrected chi connectivity index (χ0v) is 11.0. The maximum absolute atomic E-state index is 10.2. The van der Waals surface area contributed by atoms with Crippen molar-refractivity contribution in [3.8, 4) is 0 Å². The third-order valence-corrected chi connectivity index (χ3v) is 4.69. The lowest BCUT2D eigenvalue weighted by Crippen LogP contribution is -2.26. The molecular formula is C14H20O2S. The van der Waals surface area contributed by atoms with Gasteiger partial charge in [-0.15, -0.1) is 11.8 Å². The summed E-state index contributed by atoms with van der Waals surface area (Å²) in [7, 11) is 0. The predicted octanol–water partition coefficient (Wildman–Crippen LogP) is 3.14. The third kappa shape index (κ3) is 3.47. The molecule has 2 nitrogen and oxygen atoms in total. The van der Waals surface area contributed by atoms with Crippen LogP contribution >= 0.6 is 11.8 Å². The van der Waals surface area contributed by atoms with E-state index in [1.807, 2.05) is 24.3 Å². The summed E-state index contributed by atoms with van der Waals surface area (Å²) in [5.74, 6) is 0.779. The molecule has 1 atom stereocenters. The van der Waals surface area contributed by atoms with Gasteiger partial charge in [-0.3, -0.25) is 0 Å². The van der Waals surface area contributed by atoms with Crippen LogP contribution in [0.4, 0.5) is 0 Å². The second kappa shape index (κ2) is 5.42. The first-order chi connectivity index (χ1) is 8.09. The van der Waals surface area contributed by atoms with Crippen LogP contribution in [0.15, 0.2) is 29.2 Å². The molecule has 1 unspecified atom stereocenters. The fourth-order valence-electron chi connectivity index (χ4n) is 2.24. The van der Waals surface area contributed by atoms with Gasteiger partial charge in [0.15, 0.2) is 0 Å². The van der Waals surface area contributed by atoms with Crippen LogP contribution in [0.3, 0.4) is 0 Å². The standard InChI is InChI=1S/C14H20O2S/c1-11(15)12-4-6-13(7-5-12)17-10-14(16)8-2-3-9-14/h4-7,11,15-16H,2-3,8-10H2,1H3. The molecule has 1 aromatic carbocycles. The molecule has 1 aliphatic carbocycles. The van der Waals surface area contributed by atoms with Gasteiger partial charge in [0.05, 0.1) is 11.7 Å². The molecule has 0 aliphatic heterocycles. The number of thioether (sulfide) groups is 1. The van der Waals surface area contributed by atoms with Gasteiger partial charge in [-0.25, -0.2) is 0 Å². The quantitative estimate of drug-likeness (QED) is 0.809. The first kappa shape index (κ1) is 12.9. The number of aliphatic hydroxyl groups is 2. The van der Waals surface area contributed by atoms with Crippen LogP contribution in [-0.4, -0.2) is 21.6 Å². The summed E-state index contributed by atoms with van der Waals surface area (Å²) in [4.78, 5) is 1.16. The molecule has 0 saturated heterocycles. The van der Waals surface area contributed by atoms with Gasteiger partial charge in [-0.05, 0) is 37.5 Å². The van der Waals surface area contributed by atoms with Crippen LogP contribution in [0.2, 0.25) is 0 Å². The maximum atomic E-state index is 10.2. The minimum Gasteiger partial charge on any atom is -0.389 e. The third-order valence-electron chi connectivity index (χ3n) is 3.40. The van der Waals surface area contributed by atoms with Gasteiger partial charge < -0.3 is 10.2 Å². The van der Waals surface area contributed by atoms with Crippen molar-refractivity contribution in [1.82, 2.24) is 0 Å². The molecule has 0 spiro atoms. The Bertz CT molecular complexity index is 353. The summed E-state index contributed by atoms with van der Waals surface area (Å²) in [6.07, 6.45) is 3.76. The highest BCUT2D eigenvalue weighted by Gasteiger charge is 2.30. The number of aliphatic hydroxyl groups excluding tert-OH is 1. The summed E-state index contributed by atoms with van der Waals surface area (Å²) < 4.78 is 0. The maximum Gasteiger partial charge on any atom is 0.0761 e. The van der Waals surface area contributed by atoms with E-state index in [0.717, 1.165) is 41.9 Å². The lowest BCUT2D eigenvalue weighted by atomic mass is 10.1. The molecule has 1 aliphatic rings. The Hall–Kier alpha value is -0.510. The van der Waals surface area contributed by atoms with E-state index in [1.54, 1.807) is 18.7 Å². The average Bonchev–Trinajstić information content (AvgIpc) is 2.75. The van der Waals surface area contributed by atoms with Crippen molar-refractivity contribution < 1.29 is 10.2 Å². The van der Waals surface area contributed by atoms with Gasteiger partial charge in [0.1, 0.15) is 0 Å². The zero-order chi connectivity index (χ0) is 12.3. The van der Waals surface area contributed by atoms with Gasteiger partial charge in [-0.2, -0.15) is 0 Å². The van der Waals surface area contributed by atoms with E-state index in [4.69, 9.17) is 0 Å². The first-order valence-corrected chi connectivity index (χ1v) is 7.21. The molecule has 1 aromatic rings. The smallest absolute Gasteiger partial charge is 0.0761 e. The molecule has 0 amide bonds. The zero-order valence-electron chi connectivity index (χ0n) is 10.2. The van der Waals surface area contributed by atoms with E-state index in [0.29, 0.717) is 0 Å². The van der Waals surface area contributed by atoms with Crippen LogP contribution in [-0.2, 0) is 0 Å². The van der Waals surface area contributed by atoms with Crippen molar-refractivity contribution in [2.45, 2.75) is 49.2 Å². The van der Waals surface area contributed by atoms with Gasteiger partial charge >= 0.3 is 0 Å². The lowest BCUT2D eigenvalue weighted by Gasteiger charge is -2.21. The molecular weight excluding hydrogens is 232 g/mol. The van der Waals surface area contributed by atoms with Crippen molar-refractivity contribution in [2.75, 3.05) is 5.75 Å². The second-order valence-electron chi connectivity index (χ2n) is 4.97. The van der Waals surface area contributed by atoms with E-state index < -0.39 is 11.7 Å². The van der Waals surface area contributed by atoms with E-state index in [9.17, 15) is 10.2 Å². The van der Waals surface area contributed by atoms with Crippen LogP contribution in [0.25, 0.3) is 0 Å².